The second-order valence-corrected chi connectivity index (χ2v) is 10.9. The maximum Gasteiger partial charge on any atom is 0.269 e. The van der Waals surface area contributed by atoms with E-state index in [4.69, 9.17) is 10.2 Å². The number of benzene rings is 3. The van der Waals surface area contributed by atoms with Crippen molar-refractivity contribution in [3.63, 3.8) is 0 Å². The van der Waals surface area contributed by atoms with Gasteiger partial charge in [-0.05, 0) is 36.4 Å². The first kappa shape index (κ1) is 35.3. The van der Waals surface area contributed by atoms with Crippen molar-refractivity contribution in [3.8, 4) is 11.5 Å². The van der Waals surface area contributed by atoms with E-state index in [-0.39, 0.29) is 78.1 Å². The van der Waals surface area contributed by atoms with Crippen LogP contribution in [0.3, 0.4) is 0 Å². The zero-order chi connectivity index (χ0) is 32.1. The Kier molecular flexibility index (Phi) is 14.2. The molecule has 13 nitrogen and oxygen atoms in total. The molecule has 0 aromatic heterocycles. The first-order valence-corrected chi connectivity index (χ1v) is 14.6. The molecule has 0 bridgehead atoms. The van der Waals surface area contributed by atoms with E-state index in [0.29, 0.717) is 21.7 Å². The van der Waals surface area contributed by atoms with E-state index in [1.165, 1.54) is 52.7 Å². The fraction of sp³-hybridized carbons (Fsp3) is 0.286. The summed E-state index contributed by atoms with van der Waals surface area (Å²) in [7, 11) is 3.12. The summed E-state index contributed by atoms with van der Waals surface area (Å²) in [5.74, 6) is -0.273. The summed E-state index contributed by atoms with van der Waals surface area (Å²) in [4.78, 5) is 36.3. The highest BCUT2D eigenvalue weighted by molar-refractivity contribution is 8.00. The normalized spacial score (nSPS) is 10.5. The minimum Gasteiger partial charge on any atom is -0.507 e. The fourth-order valence-electron chi connectivity index (χ4n) is 3.51. The van der Waals surface area contributed by atoms with Gasteiger partial charge in [-0.1, -0.05) is 0 Å². The minimum atomic E-state index is -0.510. The molecule has 3 aromatic rings. The van der Waals surface area contributed by atoms with Crippen LogP contribution in [0.5, 0.6) is 11.5 Å². The molecule has 232 valence electrons. The summed E-state index contributed by atoms with van der Waals surface area (Å²) < 4.78 is 0. The topological polar surface area (TPSA) is 214 Å². The van der Waals surface area contributed by atoms with E-state index in [1.807, 2.05) is 0 Å². The van der Waals surface area contributed by atoms with Gasteiger partial charge >= 0.3 is 0 Å². The van der Waals surface area contributed by atoms with Gasteiger partial charge in [0.1, 0.15) is 11.5 Å². The van der Waals surface area contributed by atoms with E-state index in [9.17, 15) is 40.1 Å². The zero-order valence-electron chi connectivity index (χ0n) is 23.4. The van der Waals surface area contributed by atoms with Gasteiger partial charge in [0.05, 0.1) is 42.9 Å². The van der Waals surface area contributed by atoms with E-state index in [2.05, 4.69) is 5.32 Å². The summed E-state index contributed by atoms with van der Waals surface area (Å²) in [5.41, 5.74) is 1.71. The van der Waals surface area contributed by atoms with Crippen molar-refractivity contribution < 1.29 is 45.2 Å². The number of rotatable bonds is 12. The van der Waals surface area contributed by atoms with Crippen LogP contribution in [0.15, 0.2) is 58.3 Å². The highest BCUT2D eigenvalue weighted by Crippen LogP contribution is 2.31. The quantitative estimate of drug-likeness (QED) is 0.0867. The second kappa shape index (κ2) is 17.3. The van der Waals surface area contributed by atoms with Crippen LogP contribution < -0.4 is 10.2 Å². The molecule has 0 unspecified atom stereocenters. The molecule has 43 heavy (non-hydrogen) atoms. The van der Waals surface area contributed by atoms with Crippen molar-refractivity contribution in [3.05, 3.63) is 80.9 Å². The molecule has 0 heterocycles. The lowest BCUT2D eigenvalue weighted by atomic mass is 10.1. The van der Waals surface area contributed by atoms with Crippen molar-refractivity contribution in [2.45, 2.75) is 36.2 Å². The third-order valence-corrected chi connectivity index (χ3v) is 7.93. The monoisotopic (exact) mass is 635 g/mol. The number of anilines is 1. The molecular formula is C28H33N3O10S2. The number of aliphatic hydroxyl groups is 4. The van der Waals surface area contributed by atoms with Crippen molar-refractivity contribution in [2.75, 3.05) is 30.5 Å². The molecule has 0 radical (unpaired) electrons. The molecule has 2 amide bonds. The number of aromatic hydroxyl groups is 2. The molecule has 0 aliphatic heterocycles. The number of non-ortho nitro benzene ring substituents is 1. The summed E-state index contributed by atoms with van der Waals surface area (Å²) in [5, 5.41) is 69.3. The highest BCUT2D eigenvalue weighted by Gasteiger charge is 2.15. The first-order valence-electron chi connectivity index (χ1n) is 12.6. The number of nitro groups is 1. The number of carbonyl (C=O) groups excluding carboxylic acids is 2. The predicted octanol–water partition coefficient (Wildman–Crippen LogP) is 2.26. The Morgan fingerprint density at radius 3 is 1.53 bits per heavy atom. The van der Waals surface area contributed by atoms with E-state index in [1.54, 1.807) is 38.4 Å². The van der Waals surface area contributed by atoms with Crippen molar-refractivity contribution in [1.82, 2.24) is 5.32 Å². The van der Waals surface area contributed by atoms with Gasteiger partial charge in [0.15, 0.2) is 0 Å². The van der Waals surface area contributed by atoms with Crippen LogP contribution in [0.4, 0.5) is 11.4 Å². The summed E-state index contributed by atoms with van der Waals surface area (Å²) in [6, 6.07) is 11.9. The minimum absolute atomic E-state index is 0.0545. The molecule has 3 aromatic carbocycles. The third-order valence-electron chi connectivity index (χ3n) is 6.00. The standard InChI is InChI=1S/C17H18N2O6S.C11H15NO4S/c1-18(13-2-4-14(5-3-13)19(24)25)16(22)10-26-15-6-11(8-20)17(23)12(7-15)9-21;1-12-10(15)6-17-9-2-7(4-13)11(16)8(3-9)5-14/h2-7,20-21,23H,8-10H2,1H3;2-3,13-14,16H,4-6H2,1H3,(H,12,15). The Labute approximate surface area is 255 Å². The van der Waals surface area contributed by atoms with Crippen LogP contribution in [0.1, 0.15) is 22.3 Å². The van der Waals surface area contributed by atoms with Gasteiger partial charge in [-0.2, -0.15) is 0 Å². The van der Waals surface area contributed by atoms with E-state index >= 15 is 0 Å². The number of thioether (sulfide) groups is 2. The molecule has 0 aliphatic carbocycles. The Hall–Kier alpha value is -3.86. The Balaban J connectivity index is 0.000000329. The highest BCUT2D eigenvalue weighted by atomic mass is 32.2. The van der Waals surface area contributed by atoms with Crippen molar-refractivity contribution in [1.29, 1.82) is 0 Å². The van der Waals surface area contributed by atoms with Crippen molar-refractivity contribution >= 4 is 46.7 Å². The average molecular weight is 636 g/mol. The molecule has 15 heteroatoms. The number of nitrogens with zero attached hydrogens (tertiary/aromatic N) is 2. The molecule has 0 saturated carbocycles. The number of carbonyl (C=O) groups is 2. The Bertz CT molecular complexity index is 1370. The van der Waals surface area contributed by atoms with Crippen LogP contribution in [-0.2, 0) is 36.0 Å². The van der Waals surface area contributed by atoms with E-state index < -0.39 is 4.92 Å². The van der Waals surface area contributed by atoms with Crippen LogP contribution in [0.25, 0.3) is 0 Å². The number of aliphatic hydroxyl groups excluding tert-OH is 4. The molecule has 0 aliphatic rings. The lowest BCUT2D eigenvalue weighted by molar-refractivity contribution is -0.384. The van der Waals surface area contributed by atoms with Gasteiger partial charge in [0, 0.05) is 64.0 Å². The van der Waals surface area contributed by atoms with Gasteiger partial charge in [0.25, 0.3) is 5.69 Å². The summed E-state index contributed by atoms with van der Waals surface area (Å²) in [6.07, 6.45) is 0. The van der Waals surface area contributed by atoms with Crippen LogP contribution in [0, 0.1) is 10.1 Å². The van der Waals surface area contributed by atoms with Crippen LogP contribution in [-0.4, -0.2) is 73.0 Å². The molecule has 0 saturated heterocycles. The molecular weight excluding hydrogens is 602 g/mol. The Morgan fingerprint density at radius 1 is 0.791 bits per heavy atom. The number of hydrogen-bond donors (Lipinski definition) is 7. The lowest BCUT2D eigenvalue weighted by Crippen LogP contribution is -2.27. The zero-order valence-corrected chi connectivity index (χ0v) is 25.0. The number of nitrogens with one attached hydrogen (secondary N) is 1. The first-order chi connectivity index (χ1) is 20.5. The largest absolute Gasteiger partial charge is 0.507 e. The number of nitro benzene ring substituents is 1. The SMILES string of the molecule is CN(C(=O)CSc1cc(CO)c(O)c(CO)c1)c1ccc([N+](=O)[O-])cc1.CNC(=O)CSc1cc(CO)c(O)c(CO)c1. The molecule has 0 fully saturated rings. The Morgan fingerprint density at radius 2 is 1.19 bits per heavy atom. The summed E-state index contributed by atoms with van der Waals surface area (Å²) >= 11 is 2.47. The summed E-state index contributed by atoms with van der Waals surface area (Å²) in [6.45, 7) is -1.39. The third kappa shape index (κ3) is 10.1. The van der Waals surface area contributed by atoms with Gasteiger partial charge in [-0.15, -0.1) is 23.5 Å². The van der Waals surface area contributed by atoms with E-state index in [0.717, 1.165) is 4.90 Å². The second-order valence-electron chi connectivity index (χ2n) is 8.79. The number of hydrogen-bond acceptors (Lipinski definition) is 12. The average Bonchev–Trinajstić information content (AvgIpc) is 3.03. The van der Waals surface area contributed by atoms with Gasteiger partial charge in [-0.25, -0.2) is 0 Å². The fourth-order valence-corrected chi connectivity index (χ4v) is 5.34. The van der Waals surface area contributed by atoms with Crippen LogP contribution >= 0.6 is 23.5 Å². The molecule has 7 N–H and O–H groups in total. The van der Waals surface area contributed by atoms with Crippen LogP contribution in [0.2, 0.25) is 0 Å². The van der Waals surface area contributed by atoms with Gasteiger partial charge in [-0.3, -0.25) is 19.7 Å². The van der Waals surface area contributed by atoms with Crippen molar-refractivity contribution in [2.24, 2.45) is 0 Å². The maximum absolute atomic E-state index is 12.3. The molecule has 0 atom stereocenters. The van der Waals surface area contributed by atoms with Gasteiger partial charge in [0.2, 0.25) is 11.8 Å². The predicted molar refractivity (Wildman–Crippen MR) is 162 cm³/mol. The smallest absolute Gasteiger partial charge is 0.269 e. The molecule has 3 rings (SSSR count). The maximum atomic E-state index is 12.3. The molecule has 0 spiro atoms. The van der Waals surface area contributed by atoms with Gasteiger partial charge < -0.3 is 40.9 Å². The number of phenols is 2. The number of amides is 2. The lowest BCUT2D eigenvalue weighted by Gasteiger charge is -2.17.